The monoisotopic (exact) mass is 378 g/mol. The summed E-state index contributed by atoms with van der Waals surface area (Å²) in [7, 11) is 1.67. The van der Waals surface area contributed by atoms with Gasteiger partial charge in [-0.1, -0.05) is 38.1 Å². The Morgan fingerprint density at radius 1 is 1.11 bits per heavy atom. The zero-order valence-electron chi connectivity index (χ0n) is 17.2. The van der Waals surface area contributed by atoms with Crippen LogP contribution < -0.4 is 10.1 Å². The average molecular weight is 379 g/mol. The summed E-state index contributed by atoms with van der Waals surface area (Å²) in [5.74, 6) is 1.38. The number of carbonyl (C=O) groups is 1. The van der Waals surface area contributed by atoms with Crippen molar-refractivity contribution in [3.63, 3.8) is 0 Å². The lowest BCUT2D eigenvalue weighted by Crippen LogP contribution is -2.29. The second-order valence-electron chi connectivity index (χ2n) is 7.83. The Morgan fingerprint density at radius 3 is 2.54 bits per heavy atom. The van der Waals surface area contributed by atoms with Crippen LogP contribution >= 0.6 is 0 Å². The minimum atomic E-state index is -0.156. The standard InChI is InChI=1S/C24H30N2O2/c1-16(2)13-18-5-7-19(8-6-18)17(3)24(27)25-12-11-20-15-26-23-10-9-21(28-4)14-22(20)23/h5-10,14-17,26H,11-13H2,1-4H3,(H,25,27)/t17-/m1/s1. The second-order valence-corrected chi connectivity index (χ2v) is 7.83. The number of fused-ring (bicyclic) bond motifs is 1. The molecule has 3 rings (SSSR count). The van der Waals surface area contributed by atoms with E-state index < -0.39 is 0 Å². The van der Waals surface area contributed by atoms with Crippen LogP contribution in [0.2, 0.25) is 0 Å². The van der Waals surface area contributed by atoms with E-state index in [9.17, 15) is 4.79 Å². The quantitative estimate of drug-likeness (QED) is 0.589. The topological polar surface area (TPSA) is 54.1 Å². The molecule has 0 radical (unpaired) electrons. The van der Waals surface area contributed by atoms with E-state index in [-0.39, 0.29) is 11.8 Å². The van der Waals surface area contributed by atoms with Gasteiger partial charge in [0.15, 0.2) is 0 Å². The van der Waals surface area contributed by atoms with Crippen molar-refractivity contribution in [3.8, 4) is 5.75 Å². The van der Waals surface area contributed by atoms with Gasteiger partial charge in [0.2, 0.25) is 5.91 Å². The Kier molecular flexibility index (Phi) is 6.40. The molecule has 2 aromatic carbocycles. The molecule has 0 fully saturated rings. The first kappa shape index (κ1) is 20.0. The maximum absolute atomic E-state index is 12.6. The molecule has 0 unspecified atom stereocenters. The Bertz CT molecular complexity index is 925. The Labute approximate surface area is 167 Å². The van der Waals surface area contributed by atoms with Crippen molar-refractivity contribution in [2.24, 2.45) is 5.92 Å². The molecule has 2 N–H and O–H groups in total. The van der Waals surface area contributed by atoms with Gasteiger partial charge in [0.05, 0.1) is 13.0 Å². The van der Waals surface area contributed by atoms with Crippen molar-refractivity contribution in [2.75, 3.05) is 13.7 Å². The SMILES string of the molecule is COc1ccc2[nH]cc(CCNC(=O)[C@H](C)c3ccc(CC(C)C)cc3)c2c1. The summed E-state index contributed by atoms with van der Waals surface area (Å²) in [6, 6.07) is 14.4. The van der Waals surface area contributed by atoms with Gasteiger partial charge in [-0.15, -0.1) is 0 Å². The summed E-state index contributed by atoms with van der Waals surface area (Å²) in [5.41, 5.74) is 4.64. The van der Waals surface area contributed by atoms with E-state index in [0.717, 1.165) is 35.1 Å². The lowest BCUT2D eigenvalue weighted by molar-refractivity contribution is -0.122. The average Bonchev–Trinajstić information content (AvgIpc) is 3.09. The van der Waals surface area contributed by atoms with E-state index in [2.05, 4.69) is 48.4 Å². The van der Waals surface area contributed by atoms with Gasteiger partial charge in [0.1, 0.15) is 5.75 Å². The van der Waals surface area contributed by atoms with Crippen molar-refractivity contribution >= 4 is 16.8 Å². The van der Waals surface area contributed by atoms with Crippen LogP contribution in [0.5, 0.6) is 5.75 Å². The van der Waals surface area contributed by atoms with Gasteiger partial charge in [-0.2, -0.15) is 0 Å². The normalized spacial score (nSPS) is 12.3. The van der Waals surface area contributed by atoms with Gasteiger partial charge >= 0.3 is 0 Å². The van der Waals surface area contributed by atoms with Crippen molar-refractivity contribution in [1.82, 2.24) is 10.3 Å². The minimum Gasteiger partial charge on any atom is -0.497 e. The summed E-state index contributed by atoms with van der Waals surface area (Å²) in [6.45, 7) is 7.00. The zero-order valence-corrected chi connectivity index (χ0v) is 17.2. The number of aromatic amines is 1. The molecule has 1 aromatic heterocycles. The Hall–Kier alpha value is -2.75. The molecule has 0 saturated carbocycles. The van der Waals surface area contributed by atoms with Gasteiger partial charge in [-0.05, 0) is 60.6 Å². The van der Waals surface area contributed by atoms with Crippen molar-refractivity contribution in [2.45, 2.75) is 39.5 Å². The largest absolute Gasteiger partial charge is 0.497 e. The fourth-order valence-electron chi connectivity index (χ4n) is 3.53. The molecule has 0 spiro atoms. The van der Waals surface area contributed by atoms with Crippen LogP contribution in [0.3, 0.4) is 0 Å². The van der Waals surface area contributed by atoms with Crippen LogP contribution in [-0.2, 0) is 17.6 Å². The van der Waals surface area contributed by atoms with Crippen molar-refractivity contribution < 1.29 is 9.53 Å². The zero-order chi connectivity index (χ0) is 20.1. The molecule has 0 aliphatic carbocycles. The number of hydrogen-bond acceptors (Lipinski definition) is 2. The van der Waals surface area contributed by atoms with Crippen molar-refractivity contribution in [1.29, 1.82) is 0 Å². The molecule has 28 heavy (non-hydrogen) atoms. The van der Waals surface area contributed by atoms with Gasteiger partial charge in [-0.25, -0.2) is 0 Å². The maximum atomic E-state index is 12.6. The molecular formula is C24H30N2O2. The Balaban J connectivity index is 1.56. The molecule has 1 amide bonds. The predicted octanol–water partition coefficient (Wildman–Crippen LogP) is 4.84. The molecule has 0 bridgehead atoms. The van der Waals surface area contributed by atoms with E-state index >= 15 is 0 Å². The highest BCUT2D eigenvalue weighted by Gasteiger charge is 2.15. The number of carbonyl (C=O) groups excluding carboxylic acids is 1. The number of amides is 1. The van der Waals surface area contributed by atoms with E-state index in [4.69, 9.17) is 4.74 Å². The van der Waals surface area contributed by atoms with Crippen LogP contribution in [0, 0.1) is 5.92 Å². The number of hydrogen-bond donors (Lipinski definition) is 2. The third kappa shape index (κ3) is 4.75. The molecule has 4 nitrogen and oxygen atoms in total. The van der Waals surface area contributed by atoms with Gasteiger partial charge < -0.3 is 15.0 Å². The number of aromatic nitrogens is 1. The summed E-state index contributed by atoms with van der Waals surface area (Å²) < 4.78 is 5.32. The predicted molar refractivity (Wildman–Crippen MR) is 115 cm³/mol. The van der Waals surface area contributed by atoms with Crippen LogP contribution in [0.15, 0.2) is 48.7 Å². The van der Waals surface area contributed by atoms with E-state index in [0.29, 0.717) is 12.5 Å². The van der Waals surface area contributed by atoms with Crippen LogP contribution in [-0.4, -0.2) is 24.5 Å². The number of ether oxygens (including phenoxy) is 1. The lowest BCUT2D eigenvalue weighted by atomic mass is 9.96. The fraction of sp³-hybridized carbons (Fsp3) is 0.375. The van der Waals surface area contributed by atoms with Crippen LogP contribution in [0.4, 0.5) is 0 Å². The second kappa shape index (κ2) is 8.96. The fourth-order valence-corrected chi connectivity index (χ4v) is 3.53. The van der Waals surface area contributed by atoms with Gasteiger partial charge in [0.25, 0.3) is 0 Å². The third-order valence-corrected chi connectivity index (χ3v) is 5.19. The highest BCUT2D eigenvalue weighted by molar-refractivity contribution is 5.85. The summed E-state index contributed by atoms with van der Waals surface area (Å²) in [5, 5.41) is 4.22. The van der Waals surface area contributed by atoms with E-state index in [1.165, 1.54) is 11.1 Å². The summed E-state index contributed by atoms with van der Waals surface area (Å²) in [4.78, 5) is 15.8. The van der Waals surface area contributed by atoms with Gasteiger partial charge in [-0.3, -0.25) is 4.79 Å². The Morgan fingerprint density at radius 2 is 1.86 bits per heavy atom. The van der Waals surface area contributed by atoms with Crippen molar-refractivity contribution in [3.05, 3.63) is 65.4 Å². The third-order valence-electron chi connectivity index (χ3n) is 5.19. The molecule has 3 aromatic rings. The van der Waals surface area contributed by atoms with E-state index in [1.54, 1.807) is 7.11 Å². The van der Waals surface area contributed by atoms with Crippen LogP contribution in [0.1, 0.15) is 43.4 Å². The molecule has 0 aliphatic rings. The van der Waals surface area contributed by atoms with Gasteiger partial charge in [0, 0.05) is 23.6 Å². The first-order valence-electron chi connectivity index (χ1n) is 9.98. The number of H-pyrrole nitrogens is 1. The highest BCUT2D eigenvalue weighted by atomic mass is 16.5. The highest BCUT2D eigenvalue weighted by Crippen LogP contribution is 2.24. The smallest absolute Gasteiger partial charge is 0.227 e. The number of methoxy groups -OCH3 is 1. The first-order valence-corrected chi connectivity index (χ1v) is 9.98. The van der Waals surface area contributed by atoms with E-state index in [1.807, 2.05) is 31.3 Å². The lowest BCUT2D eigenvalue weighted by Gasteiger charge is -2.13. The maximum Gasteiger partial charge on any atom is 0.227 e. The minimum absolute atomic E-state index is 0.0639. The molecular weight excluding hydrogens is 348 g/mol. The molecule has 1 atom stereocenters. The molecule has 4 heteroatoms. The molecule has 1 heterocycles. The number of nitrogens with one attached hydrogen (secondary N) is 2. The number of benzene rings is 2. The number of rotatable bonds is 8. The summed E-state index contributed by atoms with van der Waals surface area (Å²) >= 11 is 0. The summed E-state index contributed by atoms with van der Waals surface area (Å²) in [6.07, 6.45) is 3.85. The molecule has 148 valence electrons. The molecule has 0 aliphatic heterocycles. The first-order chi connectivity index (χ1) is 13.5. The molecule has 0 saturated heterocycles. The van der Waals surface area contributed by atoms with Crippen LogP contribution in [0.25, 0.3) is 10.9 Å².